The summed E-state index contributed by atoms with van der Waals surface area (Å²) < 4.78 is 4.26. The molecule has 0 spiro atoms. The van der Waals surface area contributed by atoms with Crippen LogP contribution in [0.1, 0.15) is 23.0 Å². The van der Waals surface area contributed by atoms with Gasteiger partial charge in [-0.3, -0.25) is 9.13 Å². The molecule has 8 nitrogen and oxygen atoms in total. The van der Waals surface area contributed by atoms with E-state index in [1.165, 1.54) is 0 Å². The summed E-state index contributed by atoms with van der Waals surface area (Å²) in [5.41, 5.74) is 7.51. The lowest BCUT2D eigenvalue weighted by Crippen LogP contribution is -2.19. The predicted molar refractivity (Wildman–Crippen MR) is 183 cm³/mol. The van der Waals surface area contributed by atoms with E-state index >= 15 is 0 Å². The molecular weight excluding hydrogens is 568 g/mol. The van der Waals surface area contributed by atoms with Crippen molar-refractivity contribution in [2.24, 2.45) is 0 Å². The van der Waals surface area contributed by atoms with Crippen LogP contribution in [0, 0.1) is 0 Å². The average Bonchev–Trinajstić information content (AvgIpc) is 3.91. The van der Waals surface area contributed by atoms with E-state index in [4.69, 9.17) is 9.97 Å². The highest BCUT2D eigenvalue weighted by atomic mass is 15.3. The number of rotatable bonds is 4. The van der Waals surface area contributed by atoms with Crippen LogP contribution in [0.25, 0.3) is 34.9 Å². The summed E-state index contributed by atoms with van der Waals surface area (Å²) in [5, 5.41) is 7.36. The first kappa shape index (κ1) is 25.9. The summed E-state index contributed by atoms with van der Waals surface area (Å²) in [7, 11) is 0. The minimum Gasteiger partial charge on any atom is -0.338 e. The monoisotopic (exact) mass is 596 g/mol. The Kier molecular flexibility index (Phi) is 5.95. The van der Waals surface area contributed by atoms with E-state index in [0.29, 0.717) is 0 Å². The zero-order valence-corrected chi connectivity index (χ0v) is 24.7. The Morgan fingerprint density at radius 2 is 0.957 bits per heavy atom. The molecule has 0 unspecified atom stereocenters. The number of fused-ring (bicyclic) bond motifs is 10. The SMILES string of the molecule is C1=C2NC(=Cc3cn(-c4ccccc4)c(n3)C3=CN(c4ccccc4)C(=Cc4nc2cn4-c2ccccc2)N3)N1c1ccccc1. The smallest absolute Gasteiger partial charge is 0.163 e. The second-order valence-corrected chi connectivity index (χ2v) is 11.2. The number of aromatic nitrogens is 4. The summed E-state index contributed by atoms with van der Waals surface area (Å²) >= 11 is 0. The van der Waals surface area contributed by atoms with Gasteiger partial charge in [-0.25, -0.2) is 9.97 Å². The number of benzene rings is 4. The molecule has 0 radical (unpaired) electrons. The van der Waals surface area contributed by atoms with Gasteiger partial charge >= 0.3 is 0 Å². The minimum atomic E-state index is 0.787. The Morgan fingerprint density at radius 3 is 1.57 bits per heavy atom. The molecule has 0 saturated heterocycles. The third-order valence-electron chi connectivity index (χ3n) is 8.22. The van der Waals surface area contributed by atoms with Crippen molar-refractivity contribution in [1.29, 1.82) is 0 Å². The Morgan fingerprint density at radius 1 is 0.457 bits per heavy atom. The number of nitrogens with one attached hydrogen (secondary N) is 2. The second-order valence-electron chi connectivity index (χ2n) is 11.2. The third kappa shape index (κ3) is 4.48. The Balaban J connectivity index is 1.30. The molecule has 9 rings (SSSR count). The van der Waals surface area contributed by atoms with E-state index in [1.807, 2.05) is 72.8 Å². The van der Waals surface area contributed by atoms with Gasteiger partial charge in [0.15, 0.2) is 5.82 Å². The maximum atomic E-state index is 5.20. The first-order chi connectivity index (χ1) is 22.8. The molecule has 5 heterocycles. The zero-order chi connectivity index (χ0) is 30.5. The van der Waals surface area contributed by atoms with Gasteiger partial charge in [-0.15, -0.1) is 0 Å². The van der Waals surface area contributed by atoms with Crippen LogP contribution in [-0.4, -0.2) is 19.1 Å². The zero-order valence-electron chi connectivity index (χ0n) is 24.7. The lowest BCUT2D eigenvalue weighted by Gasteiger charge is -2.18. The number of para-hydroxylation sites is 4. The first-order valence-electron chi connectivity index (χ1n) is 15.2. The second kappa shape index (κ2) is 10.6. The van der Waals surface area contributed by atoms with Crippen LogP contribution in [0.3, 0.4) is 0 Å². The highest BCUT2D eigenvalue weighted by Gasteiger charge is 2.28. The molecular formula is C38H28N8. The van der Waals surface area contributed by atoms with Crippen LogP contribution in [0.5, 0.6) is 0 Å². The van der Waals surface area contributed by atoms with Crippen LogP contribution in [0.15, 0.2) is 158 Å². The van der Waals surface area contributed by atoms with E-state index in [9.17, 15) is 0 Å². The molecule has 0 fully saturated rings. The van der Waals surface area contributed by atoms with Crippen molar-refractivity contribution in [3.63, 3.8) is 0 Å². The van der Waals surface area contributed by atoms with E-state index in [-0.39, 0.29) is 0 Å². The molecule has 6 aromatic rings. The van der Waals surface area contributed by atoms with E-state index in [1.54, 1.807) is 0 Å². The topological polar surface area (TPSA) is 66.2 Å². The Labute approximate surface area is 266 Å². The largest absolute Gasteiger partial charge is 0.338 e. The average molecular weight is 597 g/mol. The standard InChI is InChI=1S/C38H28N8/c1-5-13-28(14-6-1)43-24-32-33-25-44(29-15-7-2-8-16-29)36(41-33)22-37-42-34(26-45(37)30-17-9-3-10-18-30)38-39-27(21-35(43)40-32)23-46(38)31-19-11-4-12-20-31/h1-26,40,42H. The van der Waals surface area contributed by atoms with E-state index in [0.717, 1.165) is 68.8 Å². The molecule has 8 heteroatoms. The van der Waals surface area contributed by atoms with Crippen molar-refractivity contribution in [1.82, 2.24) is 29.7 Å². The highest BCUT2D eigenvalue weighted by molar-refractivity contribution is 5.81. The van der Waals surface area contributed by atoms with Crippen molar-refractivity contribution < 1.29 is 0 Å². The predicted octanol–water partition coefficient (Wildman–Crippen LogP) is 7.19. The molecule has 220 valence electrons. The van der Waals surface area contributed by atoms with Crippen LogP contribution >= 0.6 is 0 Å². The van der Waals surface area contributed by atoms with Gasteiger partial charge in [0.2, 0.25) is 0 Å². The van der Waals surface area contributed by atoms with Gasteiger partial charge in [0, 0.05) is 59.7 Å². The molecule has 0 atom stereocenters. The fourth-order valence-electron chi connectivity index (χ4n) is 6.05. The molecule has 0 amide bonds. The van der Waals surface area contributed by atoms with Crippen molar-refractivity contribution in [2.45, 2.75) is 0 Å². The summed E-state index contributed by atoms with van der Waals surface area (Å²) in [6.45, 7) is 0. The molecule has 8 bridgehead atoms. The fourth-order valence-corrected chi connectivity index (χ4v) is 6.05. The maximum absolute atomic E-state index is 5.20. The van der Waals surface area contributed by atoms with E-state index < -0.39 is 0 Å². The third-order valence-corrected chi connectivity index (χ3v) is 8.22. The molecule has 3 aliphatic heterocycles. The summed E-state index contributed by atoms with van der Waals surface area (Å²) in [5.74, 6) is 3.33. The number of hydrogen-bond acceptors (Lipinski definition) is 6. The summed E-state index contributed by atoms with van der Waals surface area (Å²) in [6.07, 6.45) is 12.6. The molecule has 3 aliphatic rings. The Bertz CT molecular complexity index is 2190. The number of imidazole rings is 2. The number of anilines is 2. The van der Waals surface area contributed by atoms with Crippen molar-refractivity contribution in [3.8, 4) is 11.4 Å². The molecule has 0 aliphatic carbocycles. The Hall–Kier alpha value is -6.54. The molecule has 2 aromatic heterocycles. The van der Waals surface area contributed by atoms with Crippen molar-refractivity contribution in [3.05, 3.63) is 181 Å². The van der Waals surface area contributed by atoms with Gasteiger partial charge in [-0.2, -0.15) is 0 Å². The quantitative estimate of drug-likeness (QED) is 0.225. The van der Waals surface area contributed by atoms with Gasteiger partial charge in [0.05, 0.1) is 11.4 Å². The summed E-state index contributed by atoms with van der Waals surface area (Å²) in [4.78, 5) is 14.7. The molecule has 2 N–H and O–H groups in total. The van der Waals surface area contributed by atoms with Crippen molar-refractivity contribution >= 4 is 34.9 Å². The summed E-state index contributed by atoms with van der Waals surface area (Å²) in [6, 6.07) is 41.3. The first-order valence-corrected chi connectivity index (χ1v) is 15.2. The lowest BCUT2D eigenvalue weighted by molar-refractivity contribution is 0.977. The number of hydrogen-bond donors (Lipinski definition) is 2. The van der Waals surface area contributed by atoms with Crippen molar-refractivity contribution in [2.75, 3.05) is 9.80 Å². The van der Waals surface area contributed by atoms with Gasteiger partial charge in [-0.1, -0.05) is 72.8 Å². The van der Waals surface area contributed by atoms with E-state index in [2.05, 4.69) is 115 Å². The molecule has 4 aromatic carbocycles. The van der Waals surface area contributed by atoms with Crippen LogP contribution < -0.4 is 20.4 Å². The molecule has 0 saturated carbocycles. The highest BCUT2D eigenvalue weighted by Crippen LogP contribution is 2.34. The lowest BCUT2D eigenvalue weighted by atomic mass is 10.3. The van der Waals surface area contributed by atoms with Gasteiger partial charge in [-0.05, 0) is 48.5 Å². The van der Waals surface area contributed by atoms with Crippen LogP contribution in [0.4, 0.5) is 11.4 Å². The van der Waals surface area contributed by atoms with Gasteiger partial charge < -0.3 is 20.4 Å². The minimum absolute atomic E-state index is 0.787. The van der Waals surface area contributed by atoms with Gasteiger partial charge in [0.25, 0.3) is 0 Å². The van der Waals surface area contributed by atoms with Gasteiger partial charge in [0.1, 0.15) is 28.9 Å². The normalized spacial score (nSPS) is 14.9. The molecule has 46 heavy (non-hydrogen) atoms. The maximum Gasteiger partial charge on any atom is 0.163 e. The number of nitrogens with zero attached hydrogens (tertiary/aromatic N) is 6. The van der Waals surface area contributed by atoms with Crippen LogP contribution in [-0.2, 0) is 0 Å². The fraction of sp³-hybridized carbons (Fsp3) is 0. The van der Waals surface area contributed by atoms with Crippen LogP contribution in [0.2, 0.25) is 0 Å².